The van der Waals surface area contributed by atoms with Crippen LogP contribution in [0.3, 0.4) is 0 Å². The average molecular weight is 173 g/mol. The number of nitrogens with one attached hydrogen (secondary N) is 1. The summed E-state index contributed by atoms with van der Waals surface area (Å²) in [7, 11) is 0. The van der Waals surface area contributed by atoms with Gasteiger partial charge in [-0.25, -0.2) is 19.9 Å². The Hall–Kier alpha value is -2.04. The molecule has 5 nitrogen and oxygen atoms in total. The molecule has 5 heteroatoms. The van der Waals surface area contributed by atoms with Gasteiger partial charge in [0.25, 0.3) is 0 Å². The molecule has 2 heterocycles. The van der Waals surface area contributed by atoms with Gasteiger partial charge in [0.2, 0.25) is 0 Å². The van der Waals surface area contributed by atoms with Crippen LogP contribution in [-0.2, 0) is 0 Å². The second-order valence-corrected chi connectivity index (χ2v) is 2.35. The van der Waals surface area contributed by atoms with E-state index in [4.69, 9.17) is 0 Å². The third-order valence-corrected chi connectivity index (χ3v) is 1.41. The van der Waals surface area contributed by atoms with E-state index in [9.17, 15) is 0 Å². The summed E-state index contributed by atoms with van der Waals surface area (Å²) in [6.07, 6.45) is 7.97. The van der Waals surface area contributed by atoms with E-state index in [2.05, 4.69) is 25.3 Å². The maximum Gasteiger partial charge on any atom is 0.133 e. The molecule has 0 amide bonds. The summed E-state index contributed by atoms with van der Waals surface area (Å²) in [6, 6.07) is 1.77. The number of rotatable bonds is 2. The van der Waals surface area contributed by atoms with Gasteiger partial charge in [-0.15, -0.1) is 0 Å². The van der Waals surface area contributed by atoms with Crippen molar-refractivity contribution in [2.45, 2.75) is 0 Å². The minimum absolute atomic E-state index is 0.727. The third kappa shape index (κ3) is 1.96. The summed E-state index contributed by atoms with van der Waals surface area (Å²) >= 11 is 0. The van der Waals surface area contributed by atoms with Gasteiger partial charge >= 0.3 is 0 Å². The van der Waals surface area contributed by atoms with E-state index >= 15 is 0 Å². The minimum atomic E-state index is 0.727. The Morgan fingerprint density at radius 3 is 2.54 bits per heavy atom. The smallest absolute Gasteiger partial charge is 0.133 e. The lowest BCUT2D eigenvalue weighted by Gasteiger charge is -2.01. The molecule has 0 radical (unpaired) electrons. The van der Waals surface area contributed by atoms with Crippen LogP contribution in [0.25, 0.3) is 0 Å². The van der Waals surface area contributed by atoms with Gasteiger partial charge in [-0.2, -0.15) is 0 Å². The molecule has 0 bridgehead atoms. The molecule has 0 saturated heterocycles. The lowest BCUT2D eigenvalue weighted by atomic mass is 10.5. The molecule has 13 heavy (non-hydrogen) atoms. The highest BCUT2D eigenvalue weighted by molar-refractivity contribution is 5.52. The number of anilines is 2. The van der Waals surface area contributed by atoms with Crippen molar-refractivity contribution in [3.8, 4) is 0 Å². The van der Waals surface area contributed by atoms with Crippen LogP contribution in [0.2, 0.25) is 0 Å². The third-order valence-electron chi connectivity index (χ3n) is 1.41. The van der Waals surface area contributed by atoms with Gasteiger partial charge in [0.1, 0.15) is 18.5 Å². The van der Waals surface area contributed by atoms with Crippen LogP contribution in [0.1, 0.15) is 0 Å². The normalized spacial score (nSPS) is 9.54. The molecule has 2 aromatic rings. The fraction of sp³-hybridized carbons (Fsp3) is 0. The summed E-state index contributed by atoms with van der Waals surface area (Å²) in [5.74, 6) is 0.727. The first-order chi connectivity index (χ1) is 6.45. The van der Waals surface area contributed by atoms with E-state index in [1.54, 1.807) is 24.7 Å². The molecule has 0 fully saturated rings. The van der Waals surface area contributed by atoms with E-state index < -0.39 is 0 Å². The first-order valence-corrected chi connectivity index (χ1v) is 3.73. The van der Waals surface area contributed by atoms with Crippen LogP contribution in [0, 0.1) is 0 Å². The average Bonchev–Trinajstić information content (AvgIpc) is 2.21. The van der Waals surface area contributed by atoms with Gasteiger partial charge in [0.05, 0.1) is 18.1 Å². The fourth-order valence-electron chi connectivity index (χ4n) is 0.876. The second kappa shape index (κ2) is 3.57. The molecule has 0 aliphatic rings. The molecule has 0 spiro atoms. The predicted molar refractivity (Wildman–Crippen MR) is 47.3 cm³/mol. The standard InChI is InChI=1S/C8H7N5/c1-2-9-6-12-8(1)13-7-3-10-5-11-4-7/h1-6H,(H,9,12,13). The molecule has 64 valence electrons. The zero-order valence-corrected chi connectivity index (χ0v) is 6.75. The Morgan fingerprint density at radius 2 is 1.85 bits per heavy atom. The van der Waals surface area contributed by atoms with Gasteiger partial charge in [-0.05, 0) is 6.07 Å². The summed E-state index contributed by atoms with van der Waals surface area (Å²) < 4.78 is 0. The van der Waals surface area contributed by atoms with Crippen LogP contribution in [0.4, 0.5) is 11.5 Å². The van der Waals surface area contributed by atoms with Crippen LogP contribution < -0.4 is 5.32 Å². The highest BCUT2D eigenvalue weighted by atomic mass is 15.0. The molecule has 0 unspecified atom stereocenters. The molecule has 0 atom stereocenters. The summed E-state index contributed by atoms with van der Waals surface area (Å²) in [6.45, 7) is 0. The SMILES string of the molecule is c1cc(Nc2cncnc2)ncn1. The summed E-state index contributed by atoms with van der Waals surface area (Å²) in [5.41, 5.74) is 0.807. The molecular formula is C8H7N5. The van der Waals surface area contributed by atoms with Crippen LogP contribution >= 0.6 is 0 Å². The molecule has 0 aliphatic carbocycles. The Bertz CT molecular complexity index is 323. The van der Waals surface area contributed by atoms with Crippen molar-refractivity contribution >= 4 is 11.5 Å². The lowest BCUT2D eigenvalue weighted by molar-refractivity contribution is 1.14. The van der Waals surface area contributed by atoms with E-state index in [-0.39, 0.29) is 0 Å². The van der Waals surface area contributed by atoms with Crippen molar-refractivity contribution in [1.82, 2.24) is 19.9 Å². The van der Waals surface area contributed by atoms with E-state index in [0.29, 0.717) is 0 Å². The molecule has 1 N–H and O–H groups in total. The molecular weight excluding hydrogens is 166 g/mol. The van der Waals surface area contributed by atoms with E-state index in [1.807, 2.05) is 0 Å². The number of aromatic nitrogens is 4. The van der Waals surface area contributed by atoms with Gasteiger partial charge < -0.3 is 5.32 Å². The van der Waals surface area contributed by atoms with Crippen LogP contribution in [0.5, 0.6) is 0 Å². The number of hydrogen-bond acceptors (Lipinski definition) is 5. The molecule has 2 aromatic heterocycles. The van der Waals surface area contributed by atoms with Crippen molar-refractivity contribution in [2.75, 3.05) is 5.32 Å². The van der Waals surface area contributed by atoms with Crippen LogP contribution in [-0.4, -0.2) is 19.9 Å². The van der Waals surface area contributed by atoms with Crippen molar-refractivity contribution in [2.24, 2.45) is 0 Å². The van der Waals surface area contributed by atoms with Crippen LogP contribution in [0.15, 0.2) is 37.3 Å². The van der Waals surface area contributed by atoms with Crippen molar-refractivity contribution < 1.29 is 0 Å². The maximum atomic E-state index is 4.00. The molecule has 0 aromatic carbocycles. The van der Waals surface area contributed by atoms with Gasteiger partial charge in [-0.1, -0.05) is 0 Å². The highest BCUT2D eigenvalue weighted by Gasteiger charge is 1.93. The Morgan fingerprint density at radius 1 is 1.00 bits per heavy atom. The quantitative estimate of drug-likeness (QED) is 0.734. The van der Waals surface area contributed by atoms with Gasteiger partial charge in [0, 0.05) is 6.20 Å². The largest absolute Gasteiger partial charge is 0.338 e. The summed E-state index contributed by atoms with van der Waals surface area (Å²) in [5, 5.41) is 3.03. The van der Waals surface area contributed by atoms with E-state index in [1.165, 1.54) is 12.7 Å². The summed E-state index contributed by atoms with van der Waals surface area (Å²) in [4.78, 5) is 15.5. The zero-order valence-electron chi connectivity index (χ0n) is 6.75. The van der Waals surface area contributed by atoms with Crippen molar-refractivity contribution in [3.63, 3.8) is 0 Å². The first kappa shape index (κ1) is 7.60. The lowest BCUT2D eigenvalue weighted by Crippen LogP contribution is -1.94. The Kier molecular flexibility index (Phi) is 2.09. The molecule has 0 saturated carbocycles. The number of nitrogens with zero attached hydrogens (tertiary/aromatic N) is 4. The first-order valence-electron chi connectivity index (χ1n) is 3.73. The topological polar surface area (TPSA) is 63.6 Å². The highest BCUT2D eigenvalue weighted by Crippen LogP contribution is 2.08. The van der Waals surface area contributed by atoms with E-state index in [0.717, 1.165) is 11.5 Å². The Balaban J connectivity index is 2.16. The fourth-order valence-corrected chi connectivity index (χ4v) is 0.876. The van der Waals surface area contributed by atoms with Gasteiger partial charge in [-0.3, -0.25) is 0 Å². The molecule has 0 aliphatic heterocycles. The van der Waals surface area contributed by atoms with Crippen molar-refractivity contribution in [3.05, 3.63) is 37.3 Å². The second-order valence-electron chi connectivity index (χ2n) is 2.35. The van der Waals surface area contributed by atoms with Gasteiger partial charge in [0.15, 0.2) is 0 Å². The predicted octanol–water partition coefficient (Wildman–Crippen LogP) is 1.01. The number of hydrogen-bond donors (Lipinski definition) is 1. The maximum absolute atomic E-state index is 4.00. The zero-order chi connectivity index (χ0) is 8.93. The monoisotopic (exact) mass is 173 g/mol. The Labute approximate surface area is 74.9 Å². The molecule has 2 rings (SSSR count). The van der Waals surface area contributed by atoms with Crippen molar-refractivity contribution in [1.29, 1.82) is 0 Å². The minimum Gasteiger partial charge on any atom is -0.338 e.